The molecule has 1 saturated heterocycles. The number of amides is 1. The van der Waals surface area contributed by atoms with E-state index in [0.29, 0.717) is 61.5 Å². The van der Waals surface area contributed by atoms with Crippen LogP contribution in [0.15, 0.2) is 36.4 Å². The number of rotatable bonds is 9. The molecule has 1 fully saturated rings. The van der Waals surface area contributed by atoms with E-state index in [4.69, 9.17) is 9.47 Å². The lowest BCUT2D eigenvalue weighted by Crippen LogP contribution is -2.49. The molecule has 0 atom stereocenters. The Labute approximate surface area is 224 Å². The molecule has 1 amide bonds. The van der Waals surface area contributed by atoms with Crippen LogP contribution < -0.4 is 14.8 Å². The average Bonchev–Trinajstić information content (AvgIpc) is 2.86. The molecule has 216 valence electrons. The third-order valence-electron chi connectivity index (χ3n) is 6.94. The molecule has 0 aromatic heterocycles. The number of nitrogens with zero attached hydrogens (tertiary/aromatic N) is 1. The summed E-state index contributed by atoms with van der Waals surface area (Å²) >= 11 is 0. The minimum absolute atomic E-state index is 0.0376. The van der Waals surface area contributed by atoms with Gasteiger partial charge in [0.15, 0.2) is 11.5 Å². The van der Waals surface area contributed by atoms with Crippen LogP contribution in [-0.4, -0.2) is 38.1 Å². The van der Waals surface area contributed by atoms with E-state index >= 15 is 0 Å². The van der Waals surface area contributed by atoms with E-state index in [0.717, 1.165) is 0 Å². The third kappa shape index (κ3) is 7.58. The SMILES string of the molecule is COc1ccc(CN(Cc2cc(C(F)(F)F)cc(C(F)(F)F)c2)C(=O)C2(CC(C)C)CCNCC2)cc1OC. The van der Waals surface area contributed by atoms with Crippen molar-refractivity contribution in [2.75, 3.05) is 27.3 Å². The monoisotopic (exact) mass is 560 g/mol. The summed E-state index contributed by atoms with van der Waals surface area (Å²) in [5, 5.41) is 3.23. The molecular formula is C28H34F6N2O3. The summed E-state index contributed by atoms with van der Waals surface area (Å²) in [5.74, 6) is 0.694. The van der Waals surface area contributed by atoms with Gasteiger partial charge < -0.3 is 19.7 Å². The van der Waals surface area contributed by atoms with Crippen LogP contribution in [0, 0.1) is 11.3 Å². The van der Waals surface area contributed by atoms with E-state index in [2.05, 4.69) is 5.32 Å². The molecule has 0 spiro atoms. The summed E-state index contributed by atoms with van der Waals surface area (Å²) in [6.07, 6.45) is -8.39. The van der Waals surface area contributed by atoms with Crippen LogP contribution in [0.2, 0.25) is 0 Å². The lowest BCUT2D eigenvalue weighted by atomic mass is 9.72. The van der Waals surface area contributed by atoms with Gasteiger partial charge >= 0.3 is 12.4 Å². The minimum atomic E-state index is -4.98. The first-order valence-electron chi connectivity index (χ1n) is 12.7. The normalized spacial score (nSPS) is 15.8. The summed E-state index contributed by atoms with van der Waals surface area (Å²) in [6.45, 7) is 4.68. The number of ether oxygens (including phenoxy) is 2. The Morgan fingerprint density at radius 3 is 1.90 bits per heavy atom. The fourth-order valence-electron chi connectivity index (χ4n) is 5.26. The molecule has 0 saturated carbocycles. The average molecular weight is 561 g/mol. The van der Waals surface area contributed by atoms with Crippen LogP contribution in [0.25, 0.3) is 0 Å². The van der Waals surface area contributed by atoms with Crippen molar-refractivity contribution in [3.8, 4) is 11.5 Å². The molecule has 39 heavy (non-hydrogen) atoms. The van der Waals surface area contributed by atoms with E-state index in [-0.39, 0.29) is 30.0 Å². The molecule has 1 aliphatic heterocycles. The van der Waals surface area contributed by atoms with Crippen molar-refractivity contribution in [3.05, 3.63) is 58.7 Å². The number of piperidine rings is 1. The van der Waals surface area contributed by atoms with Crippen molar-refractivity contribution < 1.29 is 40.6 Å². The number of hydrogen-bond acceptors (Lipinski definition) is 4. The molecule has 1 heterocycles. The van der Waals surface area contributed by atoms with Gasteiger partial charge in [0.1, 0.15) is 0 Å². The van der Waals surface area contributed by atoms with E-state index in [9.17, 15) is 31.1 Å². The van der Waals surface area contributed by atoms with Gasteiger partial charge in [-0.3, -0.25) is 4.79 Å². The Balaban J connectivity index is 2.09. The maximum absolute atomic E-state index is 14.2. The lowest BCUT2D eigenvalue weighted by molar-refractivity contribution is -0.146. The topological polar surface area (TPSA) is 50.8 Å². The second-order valence-electron chi connectivity index (χ2n) is 10.4. The van der Waals surface area contributed by atoms with Crippen LogP contribution in [0.3, 0.4) is 0 Å². The number of hydrogen-bond donors (Lipinski definition) is 1. The minimum Gasteiger partial charge on any atom is -0.493 e. The van der Waals surface area contributed by atoms with E-state index in [1.165, 1.54) is 19.1 Å². The predicted octanol–water partition coefficient (Wildman–Crippen LogP) is 6.69. The van der Waals surface area contributed by atoms with Gasteiger partial charge in [-0.05, 0) is 79.7 Å². The molecule has 0 bridgehead atoms. The summed E-state index contributed by atoms with van der Waals surface area (Å²) in [4.78, 5) is 15.6. The zero-order chi connectivity index (χ0) is 29.0. The zero-order valence-electron chi connectivity index (χ0n) is 22.4. The number of carbonyl (C=O) groups excluding carboxylic acids is 1. The van der Waals surface area contributed by atoms with Crippen LogP contribution in [0.4, 0.5) is 26.3 Å². The van der Waals surface area contributed by atoms with Gasteiger partial charge in [-0.15, -0.1) is 0 Å². The number of nitrogens with one attached hydrogen (secondary N) is 1. The molecule has 1 N–H and O–H groups in total. The van der Waals surface area contributed by atoms with Crippen molar-refractivity contribution >= 4 is 5.91 Å². The standard InChI is InChI=1S/C28H34F6N2O3/c1-18(2)15-26(7-9-35-10-8-26)25(37)36(16-19-5-6-23(38-3)24(13-19)39-4)17-20-11-21(27(29,30)31)14-22(12-20)28(32,33)34/h5-6,11-14,18,35H,7-10,15-17H2,1-4H3. The second-order valence-corrected chi connectivity index (χ2v) is 10.4. The zero-order valence-corrected chi connectivity index (χ0v) is 22.4. The number of benzene rings is 2. The maximum atomic E-state index is 14.2. The molecule has 5 nitrogen and oxygen atoms in total. The molecule has 0 aliphatic carbocycles. The van der Waals surface area contributed by atoms with Gasteiger partial charge in [-0.25, -0.2) is 0 Å². The Hall–Kier alpha value is -2.95. The highest BCUT2D eigenvalue weighted by atomic mass is 19.4. The molecule has 11 heteroatoms. The molecule has 0 unspecified atom stereocenters. The van der Waals surface area contributed by atoms with Gasteiger partial charge in [0.2, 0.25) is 5.91 Å². The van der Waals surface area contributed by atoms with Crippen molar-refractivity contribution in [3.63, 3.8) is 0 Å². The fourth-order valence-corrected chi connectivity index (χ4v) is 5.26. The molecule has 3 rings (SSSR count). The van der Waals surface area contributed by atoms with E-state index in [1.807, 2.05) is 13.8 Å². The highest BCUT2D eigenvalue weighted by Crippen LogP contribution is 2.40. The Morgan fingerprint density at radius 1 is 0.872 bits per heavy atom. The van der Waals surface area contributed by atoms with Gasteiger partial charge in [-0.1, -0.05) is 19.9 Å². The smallest absolute Gasteiger partial charge is 0.416 e. The van der Waals surface area contributed by atoms with Crippen molar-refractivity contribution in [2.45, 2.75) is 58.6 Å². The highest BCUT2D eigenvalue weighted by Gasteiger charge is 2.43. The second kappa shape index (κ2) is 12.1. The van der Waals surface area contributed by atoms with Crippen molar-refractivity contribution in [1.82, 2.24) is 10.2 Å². The van der Waals surface area contributed by atoms with Crippen molar-refractivity contribution in [1.29, 1.82) is 0 Å². The van der Waals surface area contributed by atoms with E-state index in [1.54, 1.807) is 18.2 Å². The number of halogens is 6. The van der Waals surface area contributed by atoms with Gasteiger partial charge in [0.25, 0.3) is 0 Å². The summed E-state index contributed by atoms with van der Waals surface area (Å²) in [5.41, 5.74) is -3.27. The molecule has 2 aromatic rings. The first kappa shape index (κ1) is 30.6. The predicted molar refractivity (Wildman–Crippen MR) is 134 cm³/mol. The Morgan fingerprint density at radius 2 is 1.41 bits per heavy atom. The largest absolute Gasteiger partial charge is 0.493 e. The van der Waals surface area contributed by atoms with Crippen LogP contribution in [0.1, 0.15) is 55.4 Å². The lowest BCUT2D eigenvalue weighted by Gasteiger charge is -2.41. The fraction of sp³-hybridized carbons (Fsp3) is 0.536. The summed E-state index contributed by atoms with van der Waals surface area (Å²) < 4.78 is 91.9. The number of carbonyl (C=O) groups is 1. The molecule has 1 aliphatic rings. The summed E-state index contributed by atoms with van der Waals surface area (Å²) in [7, 11) is 2.91. The van der Waals surface area contributed by atoms with Gasteiger partial charge in [0.05, 0.1) is 30.8 Å². The molecular weight excluding hydrogens is 526 g/mol. The quantitative estimate of drug-likeness (QED) is 0.348. The third-order valence-corrected chi connectivity index (χ3v) is 6.94. The Bertz CT molecular complexity index is 1110. The first-order valence-corrected chi connectivity index (χ1v) is 12.7. The maximum Gasteiger partial charge on any atom is 0.416 e. The summed E-state index contributed by atoms with van der Waals surface area (Å²) in [6, 6.07) is 6.42. The van der Waals surface area contributed by atoms with Gasteiger partial charge in [-0.2, -0.15) is 26.3 Å². The number of methoxy groups -OCH3 is 2. The van der Waals surface area contributed by atoms with Crippen molar-refractivity contribution in [2.24, 2.45) is 11.3 Å². The Kier molecular flexibility index (Phi) is 9.46. The molecule has 2 aromatic carbocycles. The highest BCUT2D eigenvalue weighted by molar-refractivity contribution is 5.83. The van der Waals surface area contributed by atoms with Crippen LogP contribution >= 0.6 is 0 Å². The molecule has 0 radical (unpaired) electrons. The van der Waals surface area contributed by atoms with Gasteiger partial charge in [0, 0.05) is 13.1 Å². The van der Waals surface area contributed by atoms with Crippen LogP contribution in [-0.2, 0) is 30.2 Å². The number of alkyl halides is 6. The first-order chi connectivity index (χ1) is 18.2. The van der Waals surface area contributed by atoms with Crippen LogP contribution in [0.5, 0.6) is 11.5 Å². The van der Waals surface area contributed by atoms with E-state index < -0.39 is 35.4 Å².